The van der Waals surface area contributed by atoms with Gasteiger partial charge in [-0.3, -0.25) is 24.5 Å². The molecule has 11 heteroatoms. The van der Waals surface area contributed by atoms with Crippen molar-refractivity contribution in [3.05, 3.63) is 0 Å². The van der Waals surface area contributed by atoms with Crippen molar-refractivity contribution in [1.82, 2.24) is 16.0 Å². The van der Waals surface area contributed by atoms with Gasteiger partial charge in [0.1, 0.15) is 12.1 Å². The molecule has 2 atom stereocenters. The van der Waals surface area contributed by atoms with Crippen LogP contribution in [0.2, 0.25) is 0 Å². The van der Waals surface area contributed by atoms with E-state index in [-0.39, 0.29) is 30.2 Å². The number of amides is 2. The number of hydrogen-bond acceptors (Lipinski definition) is 7. The maximum absolute atomic E-state index is 12.6. The van der Waals surface area contributed by atoms with Crippen LogP contribution in [0.5, 0.6) is 0 Å². The number of carboxylic acids is 2. The minimum Gasteiger partial charge on any atom is -0.480 e. The molecule has 0 saturated heterocycles. The Morgan fingerprint density at radius 3 is 2.02 bits per heavy atom. The molecule has 0 heterocycles. The Morgan fingerprint density at radius 2 is 1.48 bits per heavy atom. The average molecular weight is 573 g/mol. The zero-order valence-corrected chi connectivity index (χ0v) is 26.0. The summed E-state index contributed by atoms with van der Waals surface area (Å²) in [5.74, 6) is -1.86. The highest BCUT2D eigenvalue weighted by atomic mass is 16.5. The highest BCUT2D eigenvalue weighted by Gasteiger charge is 2.29. The third kappa shape index (κ3) is 17.5. The molecule has 0 rings (SSSR count). The zero-order valence-electron chi connectivity index (χ0n) is 26.0. The molecular formula is C29H56N4O7. The SMILES string of the molecule is CC(C)CC(C)(C)NC(CCC(=O)NCCC(C)(C)OCCC(C)(C)C(=O)NCCCCC(N)C(=O)O)C(=O)O. The molecule has 40 heavy (non-hydrogen) atoms. The van der Waals surface area contributed by atoms with Crippen LogP contribution in [0.3, 0.4) is 0 Å². The Kier molecular flexibility index (Phi) is 16.6. The second-order valence-corrected chi connectivity index (χ2v) is 13.1. The summed E-state index contributed by atoms with van der Waals surface area (Å²) < 4.78 is 6.02. The van der Waals surface area contributed by atoms with Gasteiger partial charge in [0, 0.05) is 37.1 Å². The smallest absolute Gasteiger partial charge is 0.320 e. The van der Waals surface area contributed by atoms with Crippen molar-refractivity contribution >= 4 is 23.8 Å². The van der Waals surface area contributed by atoms with E-state index in [1.807, 2.05) is 41.5 Å². The Balaban J connectivity index is 4.37. The summed E-state index contributed by atoms with van der Waals surface area (Å²) in [5.41, 5.74) is 3.98. The Hall–Kier alpha value is -2.24. The molecule has 0 aliphatic heterocycles. The third-order valence-electron chi connectivity index (χ3n) is 6.87. The molecule has 0 bridgehead atoms. The molecule has 0 spiro atoms. The largest absolute Gasteiger partial charge is 0.480 e. The average Bonchev–Trinajstić information content (AvgIpc) is 2.79. The van der Waals surface area contributed by atoms with Crippen LogP contribution in [0.25, 0.3) is 0 Å². The van der Waals surface area contributed by atoms with Gasteiger partial charge in [0.2, 0.25) is 11.8 Å². The fourth-order valence-electron chi connectivity index (χ4n) is 4.50. The fraction of sp³-hybridized carbons (Fsp3) is 0.862. The van der Waals surface area contributed by atoms with Gasteiger partial charge in [0.25, 0.3) is 0 Å². The summed E-state index contributed by atoms with van der Waals surface area (Å²) in [6.07, 6.45) is 3.85. The minimum absolute atomic E-state index is 0.0922. The van der Waals surface area contributed by atoms with Crippen LogP contribution in [0.15, 0.2) is 0 Å². The molecule has 0 aliphatic carbocycles. The normalized spacial score (nSPS) is 14.1. The lowest BCUT2D eigenvalue weighted by atomic mass is 9.88. The van der Waals surface area contributed by atoms with Crippen LogP contribution >= 0.6 is 0 Å². The molecule has 11 nitrogen and oxygen atoms in total. The van der Waals surface area contributed by atoms with Gasteiger partial charge in [-0.25, -0.2) is 0 Å². The van der Waals surface area contributed by atoms with Gasteiger partial charge >= 0.3 is 11.9 Å². The predicted molar refractivity (Wildman–Crippen MR) is 156 cm³/mol. The number of hydrogen-bond donors (Lipinski definition) is 6. The van der Waals surface area contributed by atoms with Crippen LogP contribution in [-0.4, -0.2) is 76.9 Å². The van der Waals surface area contributed by atoms with Gasteiger partial charge in [-0.1, -0.05) is 27.7 Å². The maximum atomic E-state index is 12.6. The zero-order chi connectivity index (χ0) is 31.1. The number of rotatable bonds is 22. The second-order valence-electron chi connectivity index (χ2n) is 13.1. The summed E-state index contributed by atoms with van der Waals surface area (Å²) in [6.45, 7) is 16.9. The van der Waals surface area contributed by atoms with Gasteiger partial charge in [0.15, 0.2) is 0 Å². The molecule has 0 aromatic rings. The van der Waals surface area contributed by atoms with E-state index in [0.717, 1.165) is 6.42 Å². The highest BCUT2D eigenvalue weighted by Crippen LogP contribution is 2.23. The Morgan fingerprint density at radius 1 is 0.850 bits per heavy atom. The van der Waals surface area contributed by atoms with Gasteiger partial charge in [-0.05, 0) is 78.6 Å². The van der Waals surface area contributed by atoms with Crippen LogP contribution in [-0.2, 0) is 23.9 Å². The molecule has 0 fully saturated rings. The molecule has 0 saturated carbocycles. The van der Waals surface area contributed by atoms with Crippen LogP contribution in [0.1, 0.15) is 107 Å². The lowest BCUT2D eigenvalue weighted by Crippen LogP contribution is -2.50. The number of nitrogens with one attached hydrogen (secondary N) is 3. The fourth-order valence-corrected chi connectivity index (χ4v) is 4.50. The quantitative estimate of drug-likeness (QED) is 0.106. The molecule has 234 valence electrons. The van der Waals surface area contributed by atoms with E-state index in [1.165, 1.54) is 0 Å². The van der Waals surface area contributed by atoms with E-state index in [4.69, 9.17) is 15.6 Å². The number of carbonyl (C=O) groups excluding carboxylic acids is 2. The van der Waals surface area contributed by atoms with Gasteiger partial charge in [-0.2, -0.15) is 0 Å². The number of carboxylic acid groups (broad SMARTS) is 2. The summed E-state index contributed by atoms with van der Waals surface area (Å²) in [7, 11) is 0. The first-order valence-corrected chi connectivity index (χ1v) is 14.5. The lowest BCUT2D eigenvalue weighted by molar-refractivity contribution is -0.141. The van der Waals surface area contributed by atoms with E-state index < -0.39 is 35.0 Å². The molecule has 0 radical (unpaired) electrons. The van der Waals surface area contributed by atoms with Crippen molar-refractivity contribution in [3.63, 3.8) is 0 Å². The van der Waals surface area contributed by atoms with E-state index in [1.54, 1.807) is 0 Å². The molecule has 0 aromatic heterocycles. The summed E-state index contributed by atoms with van der Waals surface area (Å²) in [4.78, 5) is 47.4. The van der Waals surface area contributed by atoms with E-state index >= 15 is 0 Å². The molecular weight excluding hydrogens is 516 g/mol. The van der Waals surface area contributed by atoms with E-state index in [2.05, 4.69) is 29.8 Å². The Labute approximate surface area is 240 Å². The summed E-state index contributed by atoms with van der Waals surface area (Å²) in [6, 6.07) is -1.67. The third-order valence-corrected chi connectivity index (χ3v) is 6.87. The van der Waals surface area contributed by atoms with Gasteiger partial charge in [0.05, 0.1) is 5.60 Å². The number of nitrogens with two attached hydrogens (primary N) is 1. The van der Waals surface area contributed by atoms with E-state index in [0.29, 0.717) is 57.7 Å². The monoisotopic (exact) mass is 572 g/mol. The van der Waals surface area contributed by atoms with Gasteiger partial charge in [-0.15, -0.1) is 0 Å². The summed E-state index contributed by atoms with van der Waals surface area (Å²) in [5, 5.41) is 27.3. The summed E-state index contributed by atoms with van der Waals surface area (Å²) >= 11 is 0. The maximum Gasteiger partial charge on any atom is 0.320 e. The first-order valence-electron chi connectivity index (χ1n) is 14.5. The first kappa shape index (κ1) is 37.8. The second kappa shape index (κ2) is 17.5. The first-order chi connectivity index (χ1) is 18.3. The van der Waals surface area contributed by atoms with Crippen molar-refractivity contribution in [2.45, 2.75) is 130 Å². The molecule has 2 amide bonds. The van der Waals surface area contributed by atoms with Crippen molar-refractivity contribution < 1.29 is 34.1 Å². The number of aliphatic carboxylic acids is 2. The lowest BCUT2D eigenvalue weighted by Gasteiger charge is -2.31. The Bertz CT molecular complexity index is 812. The molecule has 0 aliphatic rings. The minimum atomic E-state index is -1.02. The number of carbonyl (C=O) groups is 4. The topological polar surface area (TPSA) is 180 Å². The van der Waals surface area contributed by atoms with Crippen molar-refractivity contribution in [3.8, 4) is 0 Å². The number of ether oxygens (including phenoxy) is 1. The number of unbranched alkanes of at least 4 members (excludes halogenated alkanes) is 1. The molecule has 7 N–H and O–H groups in total. The highest BCUT2D eigenvalue weighted by molar-refractivity contribution is 5.81. The van der Waals surface area contributed by atoms with Gasteiger partial charge < -0.3 is 31.3 Å². The van der Waals surface area contributed by atoms with Crippen LogP contribution in [0, 0.1) is 11.3 Å². The van der Waals surface area contributed by atoms with Crippen molar-refractivity contribution in [1.29, 1.82) is 0 Å². The standard InChI is InChI=1S/C29H56N4O7/c1-20(2)19-28(5,6)33-22(25(37)38)12-13-23(34)31-17-14-29(7,8)40-18-15-27(3,4)26(39)32-16-10-9-11-21(30)24(35)36/h20-22,33H,9-19,30H2,1-8H3,(H,31,34)(H,32,39)(H,35,36)(H,37,38). The molecule has 0 aromatic carbocycles. The predicted octanol–water partition coefficient (Wildman–Crippen LogP) is 3.05. The van der Waals surface area contributed by atoms with Crippen LogP contribution < -0.4 is 21.7 Å². The van der Waals surface area contributed by atoms with Crippen molar-refractivity contribution in [2.75, 3.05) is 19.7 Å². The van der Waals surface area contributed by atoms with Crippen LogP contribution in [0.4, 0.5) is 0 Å². The van der Waals surface area contributed by atoms with Crippen molar-refractivity contribution in [2.24, 2.45) is 17.1 Å². The molecule has 2 unspecified atom stereocenters. The van der Waals surface area contributed by atoms with E-state index in [9.17, 15) is 24.3 Å².